The highest BCUT2D eigenvalue weighted by Crippen LogP contribution is 2.29. The Labute approximate surface area is 235 Å². The number of carbonyl (C=O) groups excluding carboxylic acids is 1. The molecule has 1 heterocycles. The summed E-state index contributed by atoms with van der Waals surface area (Å²) in [6.45, 7) is 3.03. The first-order chi connectivity index (χ1) is 18.9. The highest BCUT2D eigenvalue weighted by molar-refractivity contribution is 7.89. The molecule has 39 heavy (non-hydrogen) atoms. The van der Waals surface area contributed by atoms with Gasteiger partial charge in [0.25, 0.3) is 0 Å². The Balaban J connectivity index is 1.45. The highest BCUT2D eigenvalue weighted by Gasteiger charge is 2.34. The van der Waals surface area contributed by atoms with E-state index in [1.54, 1.807) is 31.3 Å². The minimum absolute atomic E-state index is 0.0482. The van der Waals surface area contributed by atoms with Crippen LogP contribution in [0.15, 0.2) is 65.6 Å². The number of sulfonamides is 1. The molecule has 8 heteroatoms. The van der Waals surface area contributed by atoms with E-state index >= 15 is 0 Å². The highest BCUT2D eigenvalue weighted by atomic mass is 32.2. The molecule has 1 saturated heterocycles. The second kappa shape index (κ2) is 14.4. The second-order valence-corrected chi connectivity index (χ2v) is 13.2. The molecule has 0 radical (unpaired) electrons. The zero-order chi connectivity index (χ0) is 27.7. The smallest absolute Gasteiger partial charge is 0.308 e. The number of nitrogens with zero attached hydrogens (tertiary/aromatic N) is 2. The van der Waals surface area contributed by atoms with E-state index < -0.39 is 10.0 Å². The fraction of sp³-hybridized carbons (Fsp3) is 0.581. The monoisotopic (exact) mass is 555 g/mol. The summed E-state index contributed by atoms with van der Waals surface area (Å²) in [5.74, 6) is 0.552. The molecule has 1 aliphatic carbocycles. The molecule has 3 atom stereocenters. The Morgan fingerprint density at radius 3 is 2.36 bits per heavy atom. The fourth-order valence-electron chi connectivity index (χ4n) is 6.16. The molecule has 1 aliphatic heterocycles. The molecule has 4 rings (SSSR count). The lowest BCUT2D eigenvalue weighted by Crippen LogP contribution is -2.53. The first kappa shape index (κ1) is 29.7. The predicted octanol–water partition coefficient (Wildman–Crippen LogP) is 4.86. The van der Waals surface area contributed by atoms with Gasteiger partial charge in [0.05, 0.1) is 24.1 Å². The summed E-state index contributed by atoms with van der Waals surface area (Å²) in [4.78, 5) is 15.2. The number of likely N-dealkylation sites (N-methyl/N-ethyl adjacent to an activating group) is 1. The summed E-state index contributed by atoms with van der Waals surface area (Å²) in [5, 5.41) is 3.81. The summed E-state index contributed by atoms with van der Waals surface area (Å²) in [6.07, 6.45) is 8.98. The van der Waals surface area contributed by atoms with Gasteiger partial charge in [-0.3, -0.25) is 9.69 Å². The van der Waals surface area contributed by atoms with Crippen molar-refractivity contribution >= 4 is 16.0 Å². The van der Waals surface area contributed by atoms with Crippen molar-refractivity contribution in [2.45, 2.75) is 68.3 Å². The summed E-state index contributed by atoms with van der Waals surface area (Å²) < 4.78 is 33.1. The van der Waals surface area contributed by atoms with Crippen LogP contribution in [0.25, 0.3) is 0 Å². The Morgan fingerprint density at radius 2 is 1.69 bits per heavy atom. The average molecular weight is 556 g/mol. The number of ether oxygens (including phenoxy) is 1. The third-order valence-corrected chi connectivity index (χ3v) is 10.4. The van der Waals surface area contributed by atoms with Crippen LogP contribution >= 0.6 is 0 Å². The molecule has 2 aromatic rings. The molecule has 2 aliphatic rings. The van der Waals surface area contributed by atoms with Gasteiger partial charge in [0.2, 0.25) is 10.0 Å². The number of hydrogen-bond acceptors (Lipinski definition) is 6. The first-order valence-electron chi connectivity index (χ1n) is 14.5. The molecule has 1 N–H and O–H groups in total. The van der Waals surface area contributed by atoms with Crippen molar-refractivity contribution < 1.29 is 17.9 Å². The third kappa shape index (κ3) is 8.13. The molecule has 7 nitrogen and oxygen atoms in total. The van der Waals surface area contributed by atoms with Crippen molar-refractivity contribution in [3.63, 3.8) is 0 Å². The summed E-state index contributed by atoms with van der Waals surface area (Å²) in [5.41, 5.74) is 1.14. The molecule has 1 saturated carbocycles. The van der Waals surface area contributed by atoms with Gasteiger partial charge in [-0.2, -0.15) is 0 Å². The Morgan fingerprint density at radius 1 is 1.03 bits per heavy atom. The van der Waals surface area contributed by atoms with Gasteiger partial charge < -0.3 is 10.1 Å². The van der Waals surface area contributed by atoms with Gasteiger partial charge in [0.15, 0.2) is 0 Å². The number of benzene rings is 2. The normalized spacial score (nSPS) is 22.0. The number of rotatable bonds is 12. The van der Waals surface area contributed by atoms with Crippen LogP contribution in [0, 0.1) is 11.8 Å². The lowest BCUT2D eigenvalue weighted by molar-refractivity contribution is -0.148. The molecule has 0 spiro atoms. The Hall–Kier alpha value is -2.26. The third-order valence-electron chi connectivity index (χ3n) is 8.58. The number of piperidine rings is 1. The van der Waals surface area contributed by atoms with Gasteiger partial charge in [-0.1, -0.05) is 67.8 Å². The molecular formula is C31H45N3O4S. The first-order valence-corrected chi connectivity index (χ1v) is 15.9. The molecular weight excluding hydrogens is 510 g/mol. The largest absolute Gasteiger partial charge is 0.469 e. The van der Waals surface area contributed by atoms with Crippen molar-refractivity contribution in [2.75, 3.05) is 40.3 Å². The molecule has 2 fully saturated rings. The predicted molar refractivity (Wildman–Crippen MR) is 155 cm³/mol. The number of esters is 1. The quantitative estimate of drug-likeness (QED) is 0.377. The second-order valence-electron chi connectivity index (χ2n) is 11.2. The van der Waals surface area contributed by atoms with E-state index in [1.165, 1.54) is 43.5 Å². The van der Waals surface area contributed by atoms with Gasteiger partial charge in [0.1, 0.15) is 0 Å². The number of carbonyl (C=O) groups is 1. The van der Waals surface area contributed by atoms with Gasteiger partial charge in [0, 0.05) is 26.7 Å². The van der Waals surface area contributed by atoms with E-state index in [2.05, 4.69) is 22.3 Å². The van der Waals surface area contributed by atoms with E-state index in [4.69, 9.17) is 4.74 Å². The Kier molecular flexibility index (Phi) is 11.0. The molecule has 2 aromatic carbocycles. The maximum absolute atomic E-state index is 13.3. The van der Waals surface area contributed by atoms with E-state index in [1.807, 2.05) is 24.3 Å². The lowest BCUT2D eigenvalue weighted by atomic mass is 9.88. The summed E-state index contributed by atoms with van der Waals surface area (Å²) in [6, 6.07) is 18.9. The molecule has 0 amide bonds. The van der Waals surface area contributed by atoms with Crippen LogP contribution in [0.5, 0.6) is 0 Å². The number of methoxy groups -OCH3 is 1. The van der Waals surface area contributed by atoms with Crippen LogP contribution in [0.2, 0.25) is 0 Å². The van der Waals surface area contributed by atoms with Crippen LogP contribution in [0.3, 0.4) is 0 Å². The standard InChI is InChI=1S/C31H45N3O4S/c1-33(39(36,37)29-16-10-5-11-17-29)24-28(26-14-8-4-9-15-26)19-21-34-20-18-27(31(35)38-2)22-30(34)32-23-25-12-6-3-7-13-25/h4-5,8-11,14-17,25,27-28,30,32H,3,6-7,12-13,18-24H2,1-2H3. The average Bonchev–Trinajstić information content (AvgIpc) is 2.99. The minimum atomic E-state index is -3.58. The summed E-state index contributed by atoms with van der Waals surface area (Å²) >= 11 is 0. The van der Waals surface area contributed by atoms with Crippen LogP contribution in [-0.2, 0) is 19.6 Å². The maximum Gasteiger partial charge on any atom is 0.308 e. The van der Waals surface area contributed by atoms with Crippen LogP contribution in [0.1, 0.15) is 62.8 Å². The van der Waals surface area contributed by atoms with E-state index in [0.29, 0.717) is 17.4 Å². The number of hydrogen-bond donors (Lipinski definition) is 1. The van der Waals surface area contributed by atoms with E-state index in [-0.39, 0.29) is 24.0 Å². The molecule has 214 valence electrons. The molecule has 3 unspecified atom stereocenters. The lowest BCUT2D eigenvalue weighted by Gasteiger charge is -2.40. The molecule has 0 bridgehead atoms. The topological polar surface area (TPSA) is 79.0 Å². The van der Waals surface area contributed by atoms with Crippen LogP contribution in [-0.4, -0.2) is 70.1 Å². The van der Waals surface area contributed by atoms with Crippen molar-refractivity contribution in [1.29, 1.82) is 0 Å². The van der Waals surface area contributed by atoms with Crippen molar-refractivity contribution in [1.82, 2.24) is 14.5 Å². The van der Waals surface area contributed by atoms with Gasteiger partial charge in [-0.15, -0.1) is 0 Å². The van der Waals surface area contributed by atoms with Gasteiger partial charge in [-0.25, -0.2) is 12.7 Å². The SMILES string of the molecule is COC(=O)C1CCN(CCC(CN(C)S(=O)(=O)c2ccccc2)c2ccccc2)C(NCC2CCCCC2)C1. The zero-order valence-corrected chi connectivity index (χ0v) is 24.3. The fourth-order valence-corrected chi connectivity index (χ4v) is 7.40. The van der Waals surface area contributed by atoms with Crippen LogP contribution in [0.4, 0.5) is 0 Å². The van der Waals surface area contributed by atoms with Crippen molar-refractivity contribution in [2.24, 2.45) is 11.8 Å². The summed E-state index contributed by atoms with van der Waals surface area (Å²) in [7, 11) is -0.430. The van der Waals surface area contributed by atoms with Crippen molar-refractivity contribution in [3.05, 3.63) is 66.2 Å². The Bertz CT molecular complexity index is 1120. The zero-order valence-electron chi connectivity index (χ0n) is 23.5. The minimum Gasteiger partial charge on any atom is -0.469 e. The van der Waals surface area contributed by atoms with E-state index in [0.717, 1.165) is 44.5 Å². The number of likely N-dealkylation sites (tertiary alicyclic amines) is 1. The van der Waals surface area contributed by atoms with Crippen molar-refractivity contribution in [3.8, 4) is 0 Å². The van der Waals surface area contributed by atoms with Crippen LogP contribution < -0.4 is 5.32 Å². The van der Waals surface area contributed by atoms with E-state index in [9.17, 15) is 13.2 Å². The number of nitrogens with one attached hydrogen (secondary N) is 1. The van der Waals surface area contributed by atoms with Gasteiger partial charge in [-0.05, 0) is 68.2 Å². The molecule has 0 aromatic heterocycles. The van der Waals surface area contributed by atoms with Gasteiger partial charge >= 0.3 is 5.97 Å². The maximum atomic E-state index is 13.3.